The van der Waals surface area contributed by atoms with Crippen LogP contribution in [0.2, 0.25) is 0 Å². The molecule has 5 spiro atoms. The first-order valence-electron chi connectivity index (χ1n) is 46.2. The van der Waals surface area contributed by atoms with E-state index in [1.807, 2.05) is 84.2 Å². The zero-order valence-electron chi connectivity index (χ0n) is 75.1. The van der Waals surface area contributed by atoms with Crippen LogP contribution in [-0.2, 0) is 74.0 Å². The minimum atomic E-state index is -0.892. The predicted octanol–water partition coefficient (Wildman–Crippen LogP) is 21.1. The van der Waals surface area contributed by atoms with Crippen molar-refractivity contribution in [2.75, 3.05) is 45.9 Å². The molecule has 10 aromatic rings. The van der Waals surface area contributed by atoms with Crippen LogP contribution >= 0.6 is 70.1 Å². The molecule has 10 heterocycles. The molecule has 138 heavy (non-hydrogen) atoms. The molecular weight excluding hydrogens is 1900 g/mol. The Morgan fingerprint density at radius 2 is 0.652 bits per heavy atom. The highest BCUT2D eigenvalue weighted by Crippen LogP contribution is 2.61. The number of benzene rings is 9. The van der Waals surface area contributed by atoms with Crippen LogP contribution < -0.4 is 20.7 Å². The largest absolute Gasteiger partial charge is 0.489 e. The topological polar surface area (TPSA) is 209 Å². The van der Waals surface area contributed by atoms with Crippen molar-refractivity contribution in [1.82, 2.24) is 41.0 Å². The first-order chi connectivity index (χ1) is 66.8. The van der Waals surface area contributed by atoms with E-state index in [1.54, 1.807) is 26.4 Å². The fourth-order valence-electron chi connectivity index (χ4n) is 20.4. The van der Waals surface area contributed by atoms with Crippen molar-refractivity contribution in [3.8, 4) is 5.75 Å². The third-order valence-electron chi connectivity index (χ3n) is 27.0. The Morgan fingerprint density at radius 3 is 1.02 bits per heavy atom. The molecule has 1 aromatic heterocycles. The molecule has 6 unspecified atom stereocenters. The molecule has 4 aliphatic carbocycles. The quantitative estimate of drug-likeness (QED) is 0.121. The molecule has 9 aromatic carbocycles. The maximum absolute atomic E-state index is 14.6. The average Bonchev–Trinajstić information content (AvgIpc) is 1.59. The number of nitrogens with one attached hydrogen (secondary N) is 3. The molecule has 3 N–H and O–H groups in total. The summed E-state index contributed by atoms with van der Waals surface area (Å²) in [6, 6.07) is 50.4. The molecule has 19 nitrogen and oxygen atoms in total. The maximum Gasteiger partial charge on any atom is 0.248 e. The Hall–Kier alpha value is -10.9. The number of ether oxygens (including phenoxy) is 1. The van der Waals surface area contributed by atoms with Crippen LogP contribution in [0, 0.1) is 75.9 Å². The minimum absolute atomic E-state index is 0.0208. The Balaban J connectivity index is 0.000000111. The van der Waals surface area contributed by atoms with Gasteiger partial charge in [0.25, 0.3) is 0 Å². The zero-order chi connectivity index (χ0) is 95.9. The van der Waals surface area contributed by atoms with E-state index in [0.717, 1.165) is 248 Å². The summed E-state index contributed by atoms with van der Waals surface area (Å²) in [5.74, 6) is -5.66. The highest BCUT2D eigenvalue weighted by Gasteiger charge is 2.58. The molecule has 9 aliphatic heterocycles. The maximum atomic E-state index is 14.6. The summed E-state index contributed by atoms with van der Waals surface area (Å²) in [4.78, 5) is 62.6. The Labute approximate surface area is 816 Å². The van der Waals surface area contributed by atoms with Gasteiger partial charge in [-0.15, -0.1) is 11.3 Å². The first-order valence-corrected chi connectivity index (χ1v) is 51.2. The number of thiophene rings is 1. The van der Waals surface area contributed by atoms with Crippen LogP contribution in [0.3, 0.4) is 0 Å². The van der Waals surface area contributed by atoms with Crippen LogP contribution in [-0.4, -0.2) is 126 Å². The molecule has 3 saturated heterocycles. The zero-order valence-corrected chi connectivity index (χ0v) is 80.0. The highest BCUT2D eigenvalue weighted by atomic mass is 32.2. The van der Waals surface area contributed by atoms with E-state index in [2.05, 4.69) is 65.7 Å². The van der Waals surface area contributed by atoms with Gasteiger partial charge in [0.15, 0.2) is 9.74 Å². The van der Waals surface area contributed by atoms with E-state index in [9.17, 15) is 67.9 Å². The van der Waals surface area contributed by atoms with E-state index >= 15 is 0 Å². The van der Waals surface area contributed by atoms with Crippen molar-refractivity contribution >= 4 is 125 Å². The van der Waals surface area contributed by atoms with Crippen molar-refractivity contribution < 1.29 is 72.6 Å². The molecule has 0 radical (unpaired) electrons. The van der Waals surface area contributed by atoms with Crippen LogP contribution in [0.1, 0.15) is 181 Å². The number of hydrogen-bond donors (Lipinski definition) is 3. The lowest BCUT2D eigenvalue weighted by atomic mass is 9.85. The van der Waals surface area contributed by atoms with Gasteiger partial charge in [-0.25, -0.2) is 68.9 Å². The van der Waals surface area contributed by atoms with Crippen LogP contribution in [0.4, 0.5) is 43.9 Å². The molecular formula is C103H95F10N13O6S6. The number of thioether (sulfide) groups is 5. The Kier molecular flexibility index (Phi) is 28.1. The monoisotopic (exact) mass is 1990 g/mol. The van der Waals surface area contributed by atoms with Crippen molar-refractivity contribution in [3.63, 3.8) is 0 Å². The third kappa shape index (κ3) is 18.5. The van der Waals surface area contributed by atoms with E-state index < -0.39 is 82.5 Å². The van der Waals surface area contributed by atoms with E-state index in [4.69, 9.17) is 4.74 Å². The molecule has 3 fully saturated rings. The Morgan fingerprint density at radius 1 is 0.333 bits per heavy atom. The summed E-state index contributed by atoms with van der Waals surface area (Å²) in [6.45, 7) is 7.78. The number of carbonyl (C=O) groups excluding carboxylic acids is 5. The van der Waals surface area contributed by atoms with Crippen molar-refractivity contribution in [2.24, 2.45) is 43.3 Å². The number of fused-ring (bicyclic) bond motifs is 10. The molecule has 714 valence electrons. The normalized spacial score (nSPS) is 23.8. The number of para-hydroxylation sites is 1. The van der Waals surface area contributed by atoms with Crippen LogP contribution in [0.15, 0.2) is 225 Å². The van der Waals surface area contributed by atoms with Gasteiger partial charge in [-0.2, -0.15) is 25.5 Å². The van der Waals surface area contributed by atoms with Gasteiger partial charge in [-0.1, -0.05) is 150 Å². The molecule has 5 amide bonds. The predicted molar refractivity (Wildman–Crippen MR) is 521 cm³/mol. The number of halogens is 10. The summed E-state index contributed by atoms with van der Waals surface area (Å²) < 4.78 is 147. The second kappa shape index (κ2) is 40.4. The second-order valence-corrected chi connectivity index (χ2v) is 43.0. The molecule has 23 rings (SSSR count). The minimum Gasteiger partial charge on any atom is -0.489 e. The van der Waals surface area contributed by atoms with Crippen LogP contribution in [0.5, 0.6) is 5.75 Å². The smallest absolute Gasteiger partial charge is 0.248 e. The fraction of sp³-hybridized carbons (Fsp3) is 0.340. The van der Waals surface area contributed by atoms with Gasteiger partial charge in [-0.05, 0) is 296 Å². The highest BCUT2D eigenvalue weighted by molar-refractivity contribution is 8.16. The standard InChI is InChI=1S/3C23H23F2N3OS.C17H12F2N2O2S.C17H14F2N2OS2/c24-17-9-10-20(25)18(13-17)21-27-28(22(29)16-7-4-12-26-14-16)23(30-21)11-3-6-15-5-1-2-8-19(15)23;2*24-17-7-8-20(25)18(14-17)21-27-28(22(29)16-9-12-26-13-10-16)23(30-21)11-3-5-15-4-1-2-6-19(15)23;1-10(22)21-17(9-23-15-5-3-2-4-13(15)17)24-16(20-21)12-8-11(18)6-7-14(12)19;1-10(22)21-17(7-2-3-11-6-8-23-15(11)17)24-16(20-21)13-9-12(18)4-5-14(13)19/h1-2,5,8-10,13,16,26H,3-4,6-7,11-12,14H2;2*1-2,4,6-8,14,16,26H,3,5,9-13H2;2-8H,9H2,1H3;4-6,8-9H,2-3,7H2,1H3. The number of hydrazone groups is 5. The van der Waals surface area contributed by atoms with Gasteiger partial charge in [0.2, 0.25) is 29.5 Å². The van der Waals surface area contributed by atoms with Gasteiger partial charge in [0, 0.05) is 70.5 Å². The molecule has 0 saturated carbocycles. The van der Waals surface area contributed by atoms with Crippen molar-refractivity contribution in [3.05, 3.63) is 335 Å². The summed E-state index contributed by atoms with van der Waals surface area (Å²) in [5, 5.41) is 43.7. The fourth-order valence-corrected chi connectivity index (χ4v) is 29.0. The van der Waals surface area contributed by atoms with E-state index in [0.29, 0.717) is 32.5 Å². The van der Waals surface area contributed by atoms with Gasteiger partial charge in [0.1, 0.15) is 110 Å². The number of rotatable bonds is 8. The van der Waals surface area contributed by atoms with Gasteiger partial charge >= 0.3 is 0 Å². The van der Waals surface area contributed by atoms with Gasteiger partial charge < -0.3 is 20.7 Å². The first kappa shape index (κ1) is 96.0. The number of carbonyl (C=O) groups is 5. The van der Waals surface area contributed by atoms with E-state index in [1.165, 1.54) is 123 Å². The Bertz CT molecular complexity index is 6230. The lowest BCUT2D eigenvalue weighted by Crippen LogP contribution is -2.48. The third-order valence-corrected chi connectivity index (χ3v) is 35.3. The second-order valence-electron chi connectivity index (χ2n) is 35.7. The lowest BCUT2D eigenvalue weighted by molar-refractivity contribution is -0.141. The number of piperidine rings is 3. The SMILES string of the molecule is CC(=O)N1N=C(c2cc(F)ccc2F)SC12CCCc1ccsc12.CC(=O)N1N=C(c2cc(F)ccc2F)SC12COc1ccccc12.O=C(C1CCCNC1)N1N=C(c2cc(F)ccc2F)SC12CCCc1ccccc12.O=C(C1CCNCC1)N1N=C(c2cc(F)ccc2F)SC12CCCc1ccccc12.O=C(C1CCNCC1)N1N=C(c2cc(F)ccc2F)SC12CCCc1ccccc12. The van der Waals surface area contributed by atoms with Crippen molar-refractivity contribution in [1.29, 1.82) is 0 Å². The summed E-state index contributed by atoms with van der Waals surface area (Å²) in [6.07, 6.45) is 15.2. The molecule has 6 atom stereocenters. The number of amides is 5. The average molecular weight is 1990 g/mol. The lowest BCUT2D eigenvalue weighted by Gasteiger charge is -2.41. The molecule has 35 heteroatoms. The number of aryl methyl sites for hydroxylation is 4. The molecule has 13 aliphatic rings. The molecule has 0 bridgehead atoms. The summed E-state index contributed by atoms with van der Waals surface area (Å²) in [7, 11) is 0. The van der Waals surface area contributed by atoms with Gasteiger partial charge in [0.05, 0.1) is 5.92 Å². The number of hydrogen-bond acceptors (Lipinski definition) is 20. The van der Waals surface area contributed by atoms with E-state index in [-0.39, 0.29) is 86.8 Å². The van der Waals surface area contributed by atoms with Gasteiger partial charge in [-0.3, -0.25) is 24.0 Å². The number of nitrogens with zero attached hydrogens (tertiary/aromatic N) is 10. The van der Waals surface area contributed by atoms with Crippen molar-refractivity contribution in [2.45, 2.75) is 154 Å². The van der Waals surface area contributed by atoms with Crippen LogP contribution in [0.25, 0.3) is 0 Å². The summed E-state index contributed by atoms with van der Waals surface area (Å²) >= 11 is 8.30. The summed E-state index contributed by atoms with van der Waals surface area (Å²) in [5.41, 5.74) is 9.21.